The molecule has 0 fully saturated rings. The van der Waals surface area contributed by atoms with Gasteiger partial charge in [-0.25, -0.2) is 0 Å². The maximum absolute atomic E-state index is 5.49. The Morgan fingerprint density at radius 1 is 1.42 bits per heavy atom. The van der Waals surface area contributed by atoms with Crippen molar-refractivity contribution in [3.63, 3.8) is 0 Å². The van der Waals surface area contributed by atoms with Crippen molar-refractivity contribution >= 4 is 11.8 Å². The molecule has 0 saturated heterocycles. The number of benzene rings is 1. The zero-order chi connectivity index (χ0) is 8.97. The average molecular weight is 182 g/mol. The number of hydrogen-bond donors (Lipinski definition) is 2. The maximum atomic E-state index is 5.49. The predicted molar refractivity (Wildman–Crippen MR) is 54.1 cm³/mol. The summed E-state index contributed by atoms with van der Waals surface area (Å²) in [6, 6.07) is 8.28. The van der Waals surface area contributed by atoms with E-state index in [1.165, 1.54) is 10.5 Å². The zero-order valence-corrected chi connectivity index (χ0v) is 7.97. The van der Waals surface area contributed by atoms with E-state index in [-0.39, 0.29) is 6.17 Å². The molecular weight excluding hydrogens is 168 g/mol. The summed E-state index contributed by atoms with van der Waals surface area (Å²) in [6.45, 7) is 0. The summed E-state index contributed by atoms with van der Waals surface area (Å²) in [5, 5.41) is 0. The van der Waals surface area contributed by atoms with Gasteiger partial charge >= 0.3 is 0 Å². The first-order valence-corrected chi connectivity index (χ1v) is 5.09. The molecule has 1 aromatic rings. The van der Waals surface area contributed by atoms with Crippen LogP contribution >= 0.6 is 11.8 Å². The van der Waals surface area contributed by atoms with Gasteiger partial charge in [-0.15, -0.1) is 11.8 Å². The van der Waals surface area contributed by atoms with Crippen LogP contribution in [0.25, 0.3) is 0 Å². The van der Waals surface area contributed by atoms with Gasteiger partial charge in [0.2, 0.25) is 0 Å². The SMILES string of the molecule is CSc1cccc(CC(N)N)c1. The van der Waals surface area contributed by atoms with Crippen molar-refractivity contribution in [1.29, 1.82) is 0 Å². The highest BCUT2D eigenvalue weighted by Crippen LogP contribution is 2.15. The fraction of sp³-hybridized carbons (Fsp3) is 0.333. The van der Waals surface area contributed by atoms with E-state index in [4.69, 9.17) is 11.5 Å². The first-order chi connectivity index (χ1) is 5.72. The third-order valence-corrected chi connectivity index (χ3v) is 2.33. The van der Waals surface area contributed by atoms with Crippen molar-refractivity contribution in [2.75, 3.05) is 6.26 Å². The summed E-state index contributed by atoms with van der Waals surface area (Å²) >= 11 is 1.73. The van der Waals surface area contributed by atoms with E-state index in [1.807, 2.05) is 12.1 Å². The van der Waals surface area contributed by atoms with Gasteiger partial charge in [0, 0.05) is 11.3 Å². The summed E-state index contributed by atoms with van der Waals surface area (Å²) in [6.07, 6.45) is 2.55. The molecule has 2 nitrogen and oxygen atoms in total. The van der Waals surface area contributed by atoms with Gasteiger partial charge in [-0.2, -0.15) is 0 Å². The number of thioether (sulfide) groups is 1. The summed E-state index contributed by atoms with van der Waals surface area (Å²) < 4.78 is 0. The molecule has 0 heterocycles. The molecule has 0 unspecified atom stereocenters. The molecule has 12 heavy (non-hydrogen) atoms. The normalized spacial score (nSPS) is 10.7. The lowest BCUT2D eigenvalue weighted by molar-refractivity contribution is 0.702. The Kier molecular flexibility index (Phi) is 3.59. The number of hydrogen-bond acceptors (Lipinski definition) is 3. The average Bonchev–Trinajstić information content (AvgIpc) is 2.03. The summed E-state index contributed by atoms with van der Waals surface area (Å²) in [4.78, 5) is 1.26. The van der Waals surface area contributed by atoms with E-state index in [9.17, 15) is 0 Å². The van der Waals surface area contributed by atoms with Crippen molar-refractivity contribution in [2.45, 2.75) is 17.5 Å². The van der Waals surface area contributed by atoms with E-state index in [0.29, 0.717) is 0 Å². The van der Waals surface area contributed by atoms with Crippen LogP contribution in [0.1, 0.15) is 5.56 Å². The third-order valence-electron chi connectivity index (χ3n) is 1.61. The second-order valence-corrected chi connectivity index (χ2v) is 3.60. The molecule has 0 aliphatic rings. The molecule has 0 spiro atoms. The van der Waals surface area contributed by atoms with E-state index in [2.05, 4.69) is 18.4 Å². The van der Waals surface area contributed by atoms with Gasteiger partial charge in [0.15, 0.2) is 0 Å². The molecule has 4 N–H and O–H groups in total. The van der Waals surface area contributed by atoms with Crippen molar-refractivity contribution in [3.05, 3.63) is 29.8 Å². The van der Waals surface area contributed by atoms with Crippen LogP contribution in [0.3, 0.4) is 0 Å². The highest BCUT2D eigenvalue weighted by Gasteiger charge is 1.98. The number of rotatable bonds is 3. The Labute approximate surface area is 77.3 Å². The first kappa shape index (κ1) is 9.58. The van der Waals surface area contributed by atoms with Crippen LogP contribution in [0, 0.1) is 0 Å². The molecule has 0 aliphatic heterocycles. The lowest BCUT2D eigenvalue weighted by atomic mass is 10.1. The molecular formula is C9H14N2S. The minimum atomic E-state index is -0.248. The summed E-state index contributed by atoms with van der Waals surface area (Å²) in [5.41, 5.74) is 12.2. The zero-order valence-electron chi connectivity index (χ0n) is 7.16. The molecule has 0 bridgehead atoms. The molecule has 66 valence electrons. The summed E-state index contributed by atoms with van der Waals surface area (Å²) in [7, 11) is 0. The Hall–Kier alpha value is -0.510. The molecule has 0 aliphatic carbocycles. The lowest BCUT2D eigenvalue weighted by Gasteiger charge is -2.05. The van der Waals surface area contributed by atoms with E-state index >= 15 is 0 Å². The van der Waals surface area contributed by atoms with Crippen LogP contribution in [0.4, 0.5) is 0 Å². The maximum Gasteiger partial charge on any atom is 0.0562 e. The Morgan fingerprint density at radius 3 is 2.75 bits per heavy atom. The minimum absolute atomic E-state index is 0.248. The highest BCUT2D eigenvalue weighted by molar-refractivity contribution is 7.98. The van der Waals surface area contributed by atoms with Crippen molar-refractivity contribution in [2.24, 2.45) is 11.5 Å². The van der Waals surface area contributed by atoms with Crippen LogP contribution in [0.5, 0.6) is 0 Å². The third kappa shape index (κ3) is 2.85. The smallest absolute Gasteiger partial charge is 0.0562 e. The summed E-state index contributed by atoms with van der Waals surface area (Å²) in [5.74, 6) is 0. The molecule has 0 amide bonds. The van der Waals surface area contributed by atoms with E-state index in [0.717, 1.165) is 6.42 Å². The first-order valence-electron chi connectivity index (χ1n) is 3.86. The molecule has 1 aromatic carbocycles. The minimum Gasteiger partial charge on any atom is -0.316 e. The molecule has 3 heteroatoms. The Balaban J connectivity index is 2.72. The van der Waals surface area contributed by atoms with E-state index in [1.54, 1.807) is 11.8 Å². The van der Waals surface area contributed by atoms with Crippen LogP contribution < -0.4 is 11.5 Å². The highest BCUT2D eigenvalue weighted by atomic mass is 32.2. The topological polar surface area (TPSA) is 52.0 Å². The Morgan fingerprint density at radius 2 is 2.17 bits per heavy atom. The fourth-order valence-electron chi connectivity index (χ4n) is 1.07. The molecule has 0 saturated carbocycles. The predicted octanol–water partition coefficient (Wildman–Crippen LogP) is 1.19. The largest absolute Gasteiger partial charge is 0.316 e. The van der Waals surface area contributed by atoms with Gasteiger partial charge in [0.25, 0.3) is 0 Å². The van der Waals surface area contributed by atoms with E-state index < -0.39 is 0 Å². The molecule has 0 aromatic heterocycles. The van der Waals surface area contributed by atoms with Crippen LogP contribution in [0.2, 0.25) is 0 Å². The van der Waals surface area contributed by atoms with Gasteiger partial charge in [-0.3, -0.25) is 0 Å². The van der Waals surface area contributed by atoms with Gasteiger partial charge in [0.1, 0.15) is 0 Å². The second-order valence-electron chi connectivity index (χ2n) is 2.72. The van der Waals surface area contributed by atoms with Gasteiger partial charge in [-0.05, 0) is 24.0 Å². The Bertz CT molecular complexity index is 248. The van der Waals surface area contributed by atoms with Crippen LogP contribution in [-0.2, 0) is 6.42 Å². The van der Waals surface area contributed by atoms with Crippen molar-refractivity contribution in [1.82, 2.24) is 0 Å². The monoisotopic (exact) mass is 182 g/mol. The van der Waals surface area contributed by atoms with Crippen molar-refractivity contribution < 1.29 is 0 Å². The quantitative estimate of drug-likeness (QED) is 0.545. The molecule has 1 rings (SSSR count). The second kappa shape index (κ2) is 4.50. The molecule has 0 radical (unpaired) electrons. The molecule has 0 atom stereocenters. The van der Waals surface area contributed by atoms with Crippen LogP contribution in [0.15, 0.2) is 29.2 Å². The van der Waals surface area contributed by atoms with Crippen LogP contribution in [-0.4, -0.2) is 12.4 Å². The van der Waals surface area contributed by atoms with Gasteiger partial charge in [-0.1, -0.05) is 12.1 Å². The lowest BCUT2D eigenvalue weighted by Crippen LogP contribution is -2.32. The van der Waals surface area contributed by atoms with Crippen molar-refractivity contribution in [3.8, 4) is 0 Å². The fourth-order valence-corrected chi connectivity index (χ4v) is 1.56. The van der Waals surface area contributed by atoms with Gasteiger partial charge < -0.3 is 11.5 Å². The number of nitrogens with two attached hydrogens (primary N) is 2. The standard InChI is InChI=1S/C9H14N2S/c1-12-8-4-2-3-7(5-8)6-9(10)11/h2-5,9H,6,10-11H2,1H3. The van der Waals surface area contributed by atoms with Gasteiger partial charge in [0.05, 0.1) is 6.17 Å².